The Balaban J connectivity index is 2.25. The summed E-state index contributed by atoms with van der Waals surface area (Å²) in [5.74, 6) is 0. The number of hydrogen-bond donors (Lipinski definition) is 2. The molecule has 2 rings (SSSR count). The highest BCUT2D eigenvalue weighted by Crippen LogP contribution is 2.27. The third-order valence-electron chi connectivity index (χ3n) is 2.91. The number of rotatable bonds is 3. The number of anilines is 1. The summed E-state index contributed by atoms with van der Waals surface area (Å²) in [5.41, 5.74) is 2.36. The number of nitrogens with one attached hydrogen (secondary N) is 1. The molecule has 4 heteroatoms. The summed E-state index contributed by atoms with van der Waals surface area (Å²) in [7, 11) is 1.92. The van der Waals surface area contributed by atoms with Gasteiger partial charge >= 0.3 is 0 Å². The maximum atomic E-state index is 9.55. The summed E-state index contributed by atoms with van der Waals surface area (Å²) in [6, 6.07) is 5.92. The van der Waals surface area contributed by atoms with Crippen molar-refractivity contribution < 1.29 is 5.11 Å². The van der Waals surface area contributed by atoms with E-state index >= 15 is 0 Å². The van der Waals surface area contributed by atoms with Gasteiger partial charge in [-0.1, -0.05) is 11.6 Å². The van der Waals surface area contributed by atoms with Gasteiger partial charge in [0, 0.05) is 30.3 Å². The molecular weight excluding hydrogens is 224 g/mol. The number of halogens is 1. The van der Waals surface area contributed by atoms with E-state index in [2.05, 4.69) is 10.2 Å². The minimum atomic E-state index is -0.196. The Morgan fingerprint density at radius 1 is 1.56 bits per heavy atom. The van der Waals surface area contributed by atoms with Crippen LogP contribution in [0.15, 0.2) is 18.2 Å². The lowest BCUT2D eigenvalue weighted by Gasteiger charge is -2.21. The van der Waals surface area contributed by atoms with Gasteiger partial charge in [0.1, 0.15) is 0 Å². The molecule has 1 fully saturated rings. The zero-order chi connectivity index (χ0) is 11.5. The molecule has 1 aliphatic rings. The molecular formula is C12H17ClN2O. The zero-order valence-electron chi connectivity index (χ0n) is 9.41. The number of hydrogen-bond acceptors (Lipinski definition) is 3. The summed E-state index contributed by atoms with van der Waals surface area (Å²) < 4.78 is 0. The monoisotopic (exact) mass is 240 g/mol. The Hall–Kier alpha value is -0.770. The third-order valence-corrected chi connectivity index (χ3v) is 3.15. The molecule has 1 aliphatic heterocycles. The summed E-state index contributed by atoms with van der Waals surface area (Å²) in [6.45, 7) is 2.43. The van der Waals surface area contributed by atoms with Crippen molar-refractivity contribution in [1.29, 1.82) is 0 Å². The fourth-order valence-corrected chi connectivity index (χ4v) is 2.35. The number of aliphatic hydroxyl groups excluding tert-OH is 1. The lowest BCUT2D eigenvalue weighted by Crippen LogP contribution is -2.23. The molecule has 0 amide bonds. The van der Waals surface area contributed by atoms with Crippen molar-refractivity contribution in [2.75, 3.05) is 25.0 Å². The highest BCUT2D eigenvalue weighted by molar-refractivity contribution is 6.30. The predicted octanol–water partition coefficient (Wildman–Crippen LogP) is 1.63. The molecule has 0 radical (unpaired) electrons. The van der Waals surface area contributed by atoms with Crippen LogP contribution < -0.4 is 10.2 Å². The van der Waals surface area contributed by atoms with Gasteiger partial charge in [0.15, 0.2) is 0 Å². The molecule has 88 valence electrons. The number of benzene rings is 1. The first-order chi connectivity index (χ1) is 7.70. The van der Waals surface area contributed by atoms with Crippen molar-refractivity contribution in [3.63, 3.8) is 0 Å². The van der Waals surface area contributed by atoms with Gasteiger partial charge in [0.05, 0.1) is 6.10 Å². The zero-order valence-corrected chi connectivity index (χ0v) is 10.2. The predicted molar refractivity (Wildman–Crippen MR) is 67.1 cm³/mol. The second-order valence-electron chi connectivity index (χ2n) is 4.19. The summed E-state index contributed by atoms with van der Waals surface area (Å²) in [4.78, 5) is 2.22. The highest BCUT2D eigenvalue weighted by atomic mass is 35.5. The first kappa shape index (κ1) is 11.7. The van der Waals surface area contributed by atoms with Crippen LogP contribution in [0.3, 0.4) is 0 Å². The molecule has 0 aromatic heterocycles. The Morgan fingerprint density at radius 2 is 2.38 bits per heavy atom. The van der Waals surface area contributed by atoms with Gasteiger partial charge in [-0.25, -0.2) is 0 Å². The van der Waals surface area contributed by atoms with Gasteiger partial charge in [0.25, 0.3) is 0 Å². The van der Waals surface area contributed by atoms with Crippen LogP contribution in [0.4, 0.5) is 5.69 Å². The molecule has 0 saturated carbocycles. The van der Waals surface area contributed by atoms with Gasteiger partial charge in [-0.3, -0.25) is 0 Å². The normalized spacial score (nSPS) is 20.4. The average molecular weight is 241 g/mol. The molecule has 3 nitrogen and oxygen atoms in total. The Bertz CT molecular complexity index is 370. The minimum absolute atomic E-state index is 0.196. The maximum absolute atomic E-state index is 9.55. The van der Waals surface area contributed by atoms with Crippen molar-refractivity contribution in [1.82, 2.24) is 5.32 Å². The summed E-state index contributed by atoms with van der Waals surface area (Å²) in [5, 5.41) is 13.4. The Labute approximate surface area is 101 Å². The number of β-amino-alcohol motifs (C(OH)–C–C–N with tert-alkyl or cyclic N) is 1. The molecule has 0 aliphatic carbocycles. The van der Waals surface area contributed by atoms with Crippen LogP contribution in [-0.4, -0.2) is 31.3 Å². The molecule has 1 unspecified atom stereocenters. The van der Waals surface area contributed by atoms with Gasteiger partial charge < -0.3 is 15.3 Å². The van der Waals surface area contributed by atoms with Gasteiger partial charge in [-0.2, -0.15) is 0 Å². The minimum Gasteiger partial charge on any atom is -0.391 e. The first-order valence-corrected chi connectivity index (χ1v) is 5.94. The molecule has 0 bridgehead atoms. The van der Waals surface area contributed by atoms with E-state index < -0.39 is 0 Å². The maximum Gasteiger partial charge on any atom is 0.0731 e. The SMILES string of the molecule is CNCc1cc(Cl)ccc1N1CCC(O)C1. The lowest BCUT2D eigenvalue weighted by molar-refractivity contribution is 0.198. The average Bonchev–Trinajstić information content (AvgIpc) is 2.65. The first-order valence-electron chi connectivity index (χ1n) is 5.56. The van der Waals surface area contributed by atoms with Crippen LogP contribution in [-0.2, 0) is 6.54 Å². The second-order valence-corrected chi connectivity index (χ2v) is 4.63. The highest BCUT2D eigenvalue weighted by Gasteiger charge is 2.22. The van der Waals surface area contributed by atoms with E-state index in [9.17, 15) is 5.11 Å². The molecule has 1 saturated heterocycles. The van der Waals surface area contributed by atoms with Crippen LogP contribution in [0.2, 0.25) is 5.02 Å². The van der Waals surface area contributed by atoms with E-state index in [0.717, 1.165) is 31.1 Å². The lowest BCUT2D eigenvalue weighted by atomic mass is 10.1. The van der Waals surface area contributed by atoms with Gasteiger partial charge in [-0.05, 0) is 37.2 Å². The molecule has 1 atom stereocenters. The standard InChI is InChI=1S/C12H17ClN2O/c1-14-7-9-6-10(13)2-3-12(9)15-5-4-11(16)8-15/h2-3,6,11,14,16H,4-5,7-8H2,1H3. The molecule has 2 N–H and O–H groups in total. The fraction of sp³-hybridized carbons (Fsp3) is 0.500. The topological polar surface area (TPSA) is 35.5 Å². The van der Waals surface area contributed by atoms with Crippen molar-refractivity contribution in [2.45, 2.75) is 19.1 Å². The Kier molecular flexibility index (Phi) is 3.69. The van der Waals surface area contributed by atoms with E-state index in [0.29, 0.717) is 0 Å². The number of aliphatic hydroxyl groups is 1. The van der Waals surface area contributed by atoms with E-state index in [1.54, 1.807) is 0 Å². The van der Waals surface area contributed by atoms with Gasteiger partial charge in [0.2, 0.25) is 0 Å². The third kappa shape index (κ3) is 2.48. The molecule has 1 heterocycles. The van der Waals surface area contributed by atoms with Crippen molar-refractivity contribution in [3.8, 4) is 0 Å². The smallest absolute Gasteiger partial charge is 0.0731 e. The summed E-state index contributed by atoms with van der Waals surface area (Å²) in [6.07, 6.45) is 0.653. The molecule has 1 aromatic carbocycles. The summed E-state index contributed by atoms with van der Waals surface area (Å²) >= 11 is 5.99. The fourth-order valence-electron chi connectivity index (χ4n) is 2.16. The van der Waals surface area contributed by atoms with Crippen molar-refractivity contribution in [3.05, 3.63) is 28.8 Å². The van der Waals surface area contributed by atoms with Crippen LogP contribution in [0.1, 0.15) is 12.0 Å². The number of nitrogens with zero attached hydrogens (tertiary/aromatic N) is 1. The van der Waals surface area contributed by atoms with E-state index in [4.69, 9.17) is 11.6 Å². The molecule has 1 aromatic rings. The van der Waals surface area contributed by atoms with E-state index in [1.807, 2.05) is 25.2 Å². The molecule has 16 heavy (non-hydrogen) atoms. The molecule has 0 spiro atoms. The van der Waals surface area contributed by atoms with Crippen LogP contribution in [0.5, 0.6) is 0 Å². The van der Waals surface area contributed by atoms with Crippen LogP contribution in [0, 0.1) is 0 Å². The van der Waals surface area contributed by atoms with Crippen LogP contribution >= 0.6 is 11.6 Å². The largest absolute Gasteiger partial charge is 0.391 e. The second kappa shape index (κ2) is 5.04. The van der Waals surface area contributed by atoms with Crippen molar-refractivity contribution in [2.24, 2.45) is 0 Å². The Morgan fingerprint density at radius 3 is 3.00 bits per heavy atom. The van der Waals surface area contributed by atoms with Crippen molar-refractivity contribution >= 4 is 17.3 Å². The van der Waals surface area contributed by atoms with E-state index in [-0.39, 0.29) is 6.10 Å². The van der Waals surface area contributed by atoms with Gasteiger partial charge in [-0.15, -0.1) is 0 Å². The van der Waals surface area contributed by atoms with Crippen LogP contribution in [0.25, 0.3) is 0 Å². The van der Waals surface area contributed by atoms with E-state index in [1.165, 1.54) is 11.3 Å². The quantitative estimate of drug-likeness (QED) is 0.843.